The summed E-state index contributed by atoms with van der Waals surface area (Å²) < 4.78 is 73.1. The molecular formula is C19H17F3N2O3S2. The fourth-order valence-corrected chi connectivity index (χ4v) is 5.76. The van der Waals surface area contributed by atoms with Gasteiger partial charge in [-0.2, -0.15) is 4.98 Å². The van der Waals surface area contributed by atoms with E-state index in [1.165, 1.54) is 28.6 Å². The quantitative estimate of drug-likeness (QED) is 0.597. The van der Waals surface area contributed by atoms with E-state index in [4.69, 9.17) is 4.74 Å². The van der Waals surface area contributed by atoms with Gasteiger partial charge in [-0.15, -0.1) is 0 Å². The van der Waals surface area contributed by atoms with Crippen molar-refractivity contribution < 1.29 is 26.3 Å². The number of aromatic nitrogens is 1. The number of benzene rings is 2. The van der Waals surface area contributed by atoms with Gasteiger partial charge in [0.05, 0.1) is 10.5 Å². The SMILES string of the molecule is O=S(=O)(Cc1cccc(F)c1)N1CCC(Oc2nc3c(F)cc(F)cc3s2)CC1. The molecule has 29 heavy (non-hydrogen) atoms. The lowest BCUT2D eigenvalue weighted by Crippen LogP contribution is -2.42. The number of hydrogen-bond acceptors (Lipinski definition) is 5. The minimum absolute atomic E-state index is 0.0570. The Morgan fingerprint density at radius 1 is 1.10 bits per heavy atom. The summed E-state index contributed by atoms with van der Waals surface area (Å²) in [6.45, 7) is 0.520. The molecule has 0 N–H and O–H groups in total. The van der Waals surface area contributed by atoms with Crippen molar-refractivity contribution in [2.24, 2.45) is 0 Å². The van der Waals surface area contributed by atoms with Crippen LogP contribution in [0.3, 0.4) is 0 Å². The first-order chi connectivity index (χ1) is 13.8. The van der Waals surface area contributed by atoms with Gasteiger partial charge < -0.3 is 4.74 Å². The normalized spacial score (nSPS) is 16.4. The summed E-state index contributed by atoms with van der Waals surface area (Å²) in [5, 5.41) is 0.227. The summed E-state index contributed by atoms with van der Waals surface area (Å²) in [5.41, 5.74) is 0.452. The van der Waals surface area contributed by atoms with E-state index in [0.717, 1.165) is 17.4 Å². The standard InChI is InChI=1S/C19H17F3N2O3S2/c20-13-3-1-2-12(8-13)11-29(25,26)24-6-4-15(5-7-24)27-19-23-18-16(22)9-14(21)10-17(18)28-19/h1-3,8-10,15H,4-7,11H2. The van der Waals surface area contributed by atoms with Gasteiger partial charge in [-0.1, -0.05) is 23.5 Å². The average Bonchev–Trinajstić information content (AvgIpc) is 3.04. The summed E-state index contributed by atoms with van der Waals surface area (Å²) >= 11 is 1.05. The highest BCUT2D eigenvalue weighted by molar-refractivity contribution is 7.88. The number of nitrogens with zero attached hydrogens (tertiary/aromatic N) is 2. The van der Waals surface area contributed by atoms with Gasteiger partial charge in [-0.05, 0) is 36.6 Å². The van der Waals surface area contributed by atoms with Gasteiger partial charge in [0.25, 0.3) is 5.19 Å². The molecule has 0 atom stereocenters. The Labute approximate surface area is 169 Å². The third-order valence-electron chi connectivity index (χ3n) is 4.69. The van der Waals surface area contributed by atoms with Gasteiger partial charge in [0, 0.05) is 19.2 Å². The molecule has 4 rings (SSSR count). The Bertz CT molecular complexity index is 1140. The zero-order valence-electron chi connectivity index (χ0n) is 15.1. The number of hydrogen-bond donors (Lipinski definition) is 0. The highest BCUT2D eigenvalue weighted by Crippen LogP contribution is 2.32. The third-order valence-corrected chi connectivity index (χ3v) is 7.44. The number of piperidine rings is 1. The molecule has 0 amide bonds. The van der Waals surface area contributed by atoms with E-state index >= 15 is 0 Å². The molecule has 0 spiro atoms. The van der Waals surface area contributed by atoms with Crippen LogP contribution >= 0.6 is 11.3 Å². The monoisotopic (exact) mass is 442 g/mol. The molecule has 10 heteroatoms. The van der Waals surface area contributed by atoms with Crippen molar-refractivity contribution in [2.75, 3.05) is 13.1 Å². The van der Waals surface area contributed by atoms with Gasteiger partial charge in [0.2, 0.25) is 10.0 Å². The Kier molecular flexibility index (Phi) is 5.50. The van der Waals surface area contributed by atoms with E-state index < -0.39 is 27.5 Å². The molecule has 1 aromatic heterocycles. The second kappa shape index (κ2) is 7.92. The first-order valence-electron chi connectivity index (χ1n) is 8.95. The predicted octanol–water partition coefficient (Wildman–Crippen LogP) is 4.09. The molecule has 154 valence electrons. The third kappa shape index (κ3) is 4.54. The average molecular weight is 442 g/mol. The van der Waals surface area contributed by atoms with Crippen molar-refractivity contribution in [3.05, 3.63) is 59.4 Å². The summed E-state index contributed by atoms with van der Waals surface area (Å²) in [4.78, 5) is 4.07. The van der Waals surface area contributed by atoms with E-state index in [1.54, 1.807) is 6.07 Å². The van der Waals surface area contributed by atoms with E-state index in [1.807, 2.05) is 0 Å². The number of sulfonamides is 1. The lowest BCUT2D eigenvalue weighted by Gasteiger charge is -2.30. The molecule has 3 aromatic rings. The fourth-order valence-electron chi connectivity index (χ4n) is 3.29. The number of fused-ring (bicyclic) bond motifs is 1. The highest BCUT2D eigenvalue weighted by atomic mass is 32.2. The maximum atomic E-state index is 13.8. The van der Waals surface area contributed by atoms with Crippen LogP contribution in [0.15, 0.2) is 36.4 Å². The van der Waals surface area contributed by atoms with Gasteiger partial charge in [-0.25, -0.2) is 25.9 Å². The first kappa shape index (κ1) is 20.1. The summed E-state index contributed by atoms with van der Waals surface area (Å²) in [6.07, 6.45) is 0.605. The molecule has 0 aliphatic carbocycles. The van der Waals surface area contributed by atoms with Crippen LogP contribution in [-0.2, 0) is 15.8 Å². The number of halogens is 3. The van der Waals surface area contributed by atoms with Crippen molar-refractivity contribution in [3.63, 3.8) is 0 Å². The fraction of sp³-hybridized carbons (Fsp3) is 0.316. The molecule has 5 nitrogen and oxygen atoms in total. The number of ether oxygens (including phenoxy) is 1. The lowest BCUT2D eigenvalue weighted by atomic mass is 10.1. The molecule has 0 bridgehead atoms. The minimum atomic E-state index is -3.57. The van der Waals surface area contributed by atoms with Gasteiger partial charge in [0.15, 0.2) is 5.82 Å². The molecule has 1 aliphatic rings. The minimum Gasteiger partial charge on any atom is -0.467 e. The Hall–Kier alpha value is -2.17. The van der Waals surface area contributed by atoms with Crippen molar-refractivity contribution in [3.8, 4) is 5.19 Å². The maximum Gasteiger partial charge on any atom is 0.274 e. The predicted molar refractivity (Wildman–Crippen MR) is 104 cm³/mol. The Morgan fingerprint density at radius 3 is 2.59 bits per heavy atom. The maximum absolute atomic E-state index is 13.8. The lowest BCUT2D eigenvalue weighted by molar-refractivity contribution is 0.135. The second-order valence-corrected chi connectivity index (χ2v) is 9.78. The number of rotatable bonds is 5. The van der Waals surface area contributed by atoms with E-state index in [2.05, 4.69) is 4.98 Å². The van der Waals surface area contributed by atoms with Crippen LogP contribution in [0.2, 0.25) is 0 Å². The highest BCUT2D eigenvalue weighted by Gasteiger charge is 2.29. The van der Waals surface area contributed by atoms with Crippen LogP contribution in [0.1, 0.15) is 18.4 Å². The Balaban J connectivity index is 1.38. The van der Waals surface area contributed by atoms with Crippen molar-refractivity contribution in [2.45, 2.75) is 24.7 Å². The van der Waals surface area contributed by atoms with Crippen molar-refractivity contribution in [1.82, 2.24) is 9.29 Å². The molecular weight excluding hydrogens is 425 g/mol. The van der Waals surface area contributed by atoms with Gasteiger partial charge in [0.1, 0.15) is 23.3 Å². The van der Waals surface area contributed by atoms with Crippen LogP contribution in [0.5, 0.6) is 5.19 Å². The van der Waals surface area contributed by atoms with Crippen LogP contribution in [0.25, 0.3) is 10.2 Å². The molecule has 1 aliphatic heterocycles. The summed E-state index contributed by atoms with van der Waals surface area (Å²) in [6, 6.07) is 7.50. The Morgan fingerprint density at radius 2 is 1.86 bits per heavy atom. The van der Waals surface area contributed by atoms with E-state index in [-0.39, 0.29) is 35.7 Å². The molecule has 2 heterocycles. The molecule has 1 saturated heterocycles. The number of thiazole rings is 1. The van der Waals surface area contributed by atoms with Crippen LogP contribution in [0.4, 0.5) is 13.2 Å². The van der Waals surface area contributed by atoms with Gasteiger partial charge in [-0.3, -0.25) is 0 Å². The molecule has 0 unspecified atom stereocenters. The molecule has 0 saturated carbocycles. The molecule has 2 aromatic carbocycles. The van der Waals surface area contributed by atoms with Crippen molar-refractivity contribution >= 4 is 31.6 Å². The van der Waals surface area contributed by atoms with Crippen LogP contribution in [-0.4, -0.2) is 36.9 Å². The zero-order valence-corrected chi connectivity index (χ0v) is 16.8. The van der Waals surface area contributed by atoms with Crippen LogP contribution < -0.4 is 4.74 Å². The second-order valence-electron chi connectivity index (χ2n) is 6.82. The van der Waals surface area contributed by atoms with E-state index in [0.29, 0.717) is 23.1 Å². The summed E-state index contributed by atoms with van der Waals surface area (Å²) in [7, 11) is -3.57. The molecule has 0 radical (unpaired) electrons. The van der Waals surface area contributed by atoms with Crippen LogP contribution in [0, 0.1) is 17.5 Å². The topological polar surface area (TPSA) is 59.5 Å². The van der Waals surface area contributed by atoms with E-state index in [9.17, 15) is 21.6 Å². The van der Waals surface area contributed by atoms with Gasteiger partial charge >= 0.3 is 0 Å². The largest absolute Gasteiger partial charge is 0.467 e. The first-order valence-corrected chi connectivity index (χ1v) is 11.4. The summed E-state index contributed by atoms with van der Waals surface area (Å²) in [5.74, 6) is -2.16. The molecule has 1 fully saturated rings. The zero-order chi connectivity index (χ0) is 20.6. The smallest absolute Gasteiger partial charge is 0.274 e. The van der Waals surface area contributed by atoms with Crippen molar-refractivity contribution in [1.29, 1.82) is 0 Å².